The van der Waals surface area contributed by atoms with Crippen molar-refractivity contribution in [3.63, 3.8) is 0 Å². The molecule has 6 nitrogen and oxygen atoms in total. The average molecular weight is 343 g/mol. The van der Waals surface area contributed by atoms with E-state index in [1.165, 1.54) is 11.1 Å². The summed E-state index contributed by atoms with van der Waals surface area (Å²) in [6.07, 6.45) is 4.37. The van der Waals surface area contributed by atoms with Crippen LogP contribution in [0.2, 0.25) is 0 Å². The van der Waals surface area contributed by atoms with Crippen molar-refractivity contribution in [2.75, 3.05) is 13.2 Å². The largest absolute Gasteiger partial charge is 0.394 e. The molecule has 0 amide bonds. The molecule has 21 heavy (non-hydrogen) atoms. The third kappa shape index (κ3) is 13.6. The molecule has 0 aliphatic heterocycles. The minimum Gasteiger partial charge on any atom is -0.394 e. The number of allylic oxidation sites excluding steroid dienone is 3. The number of carbonyl (C=O) groups is 3. The minimum absolute atomic E-state index is 0. The van der Waals surface area contributed by atoms with Crippen LogP contribution in [-0.2, 0) is 36.2 Å². The van der Waals surface area contributed by atoms with Gasteiger partial charge in [0.1, 0.15) is 26.5 Å². The van der Waals surface area contributed by atoms with Gasteiger partial charge in [-0.05, 0) is 31.4 Å². The molecule has 1 rings (SSSR count). The fraction of sp³-hybridized carbons (Fsp3) is 0.500. The van der Waals surface area contributed by atoms with E-state index < -0.39 is 6.10 Å². The van der Waals surface area contributed by atoms with Gasteiger partial charge in [-0.3, -0.25) is 0 Å². The van der Waals surface area contributed by atoms with Crippen molar-refractivity contribution in [1.29, 1.82) is 0 Å². The quantitative estimate of drug-likeness (QED) is 0.704. The summed E-state index contributed by atoms with van der Waals surface area (Å²) in [6, 6.07) is 0. The van der Waals surface area contributed by atoms with Crippen molar-refractivity contribution in [3.8, 4) is 0 Å². The SMILES string of the molecule is C=O.C=O.C=O.CC1=C(C(C)OCC(O)CO)CC=C1.[Mn]. The number of ether oxygens (including phenoxy) is 1. The van der Waals surface area contributed by atoms with E-state index in [9.17, 15) is 0 Å². The Morgan fingerprint density at radius 1 is 1.24 bits per heavy atom. The van der Waals surface area contributed by atoms with Crippen LogP contribution in [0.4, 0.5) is 0 Å². The van der Waals surface area contributed by atoms with Crippen molar-refractivity contribution < 1.29 is 46.4 Å². The molecule has 1 aliphatic rings. The number of aliphatic hydroxyl groups is 2. The Balaban J connectivity index is -0.000000183. The zero-order valence-electron chi connectivity index (χ0n) is 12.5. The van der Waals surface area contributed by atoms with Gasteiger partial charge in [0.15, 0.2) is 0 Å². The fourth-order valence-electron chi connectivity index (χ4n) is 1.53. The van der Waals surface area contributed by atoms with Crippen molar-refractivity contribution in [1.82, 2.24) is 0 Å². The Morgan fingerprint density at radius 3 is 2.05 bits per heavy atom. The number of aliphatic hydroxyl groups excluding tert-OH is 2. The molecule has 2 atom stereocenters. The van der Waals surface area contributed by atoms with Gasteiger partial charge in [0.25, 0.3) is 0 Å². The summed E-state index contributed by atoms with van der Waals surface area (Å²) in [4.78, 5) is 24.0. The molecule has 123 valence electrons. The van der Waals surface area contributed by atoms with Crippen molar-refractivity contribution in [3.05, 3.63) is 23.3 Å². The summed E-state index contributed by atoms with van der Waals surface area (Å²) in [5.41, 5.74) is 2.51. The molecule has 0 bridgehead atoms. The smallest absolute Gasteiger partial charge is 0.106 e. The van der Waals surface area contributed by atoms with Crippen LogP contribution in [0.5, 0.6) is 0 Å². The summed E-state index contributed by atoms with van der Waals surface area (Å²) < 4.78 is 5.44. The van der Waals surface area contributed by atoms with Gasteiger partial charge in [-0.15, -0.1) is 0 Å². The number of carbonyl (C=O) groups excluding carboxylic acids is 3. The molecule has 0 saturated heterocycles. The van der Waals surface area contributed by atoms with Gasteiger partial charge in [-0.2, -0.15) is 0 Å². The van der Waals surface area contributed by atoms with Gasteiger partial charge in [0, 0.05) is 17.1 Å². The van der Waals surface area contributed by atoms with Gasteiger partial charge in [-0.1, -0.05) is 12.2 Å². The maximum absolute atomic E-state index is 9.11. The Morgan fingerprint density at radius 2 is 1.71 bits per heavy atom. The van der Waals surface area contributed by atoms with Crippen LogP contribution in [0, 0.1) is 0 Å². The zero-order chi connectivity index (χ0) is 16.6. The van der Waals surface area contributed by atoms with E-state index in [2.05, 4.69) is 19.1 Å². The van der Waals surface area contributed by atoms with Crippen LogP contribution < -0.4 is 0 Å². The standard InChI is InChI=1S/C11H18O3.3CH2O.Mn/c1-8-4-3-5-11(8)9(2)14-7-10(13)6-12;3*1-2;/h3-4,9-10,12-13H,5-7H2,1-2H3;3*1H2;. The van der Waals surface area contributed by atoms with Gasteiger partial charge >= 0.3 is 0 Å². The first kappa shape index (κ1) is 28.1. The topological polar surface area (TPSA) is 101 Å². The van der Waals surface area contributed by atoms with Crippen LogP contribution in [0.25, 0.3) is 0 Å². The van der Waals surface area contributed by atoms with Crippen LogP contribution in [0.3, 0.4) is 0 Å². The molecular weight excluding hydrogens is 319 g/mol. The van der Waals surface area contributed by atoms with Crippen LogP contribution in [0.15, 0.2) is 23.3 Å². The summed E-state index contributed by atoms with van der Waals surface area (Å²) in [6.45, 7) is 9.97. The Bertz CT molecular complexity index is 288. The first-order chi connectivity index (χ1) is 9.65. The predicted molar refractivity (Wildman–Crippen MR) is 76.3 cm³/mol. The van der Waals surface area contributed by atoms with E-state index in [1.807, 2.05) is 27.3 Å². The molecule has 0 aromatic rings. The minimum atomic E-state index is -0.771. The average Bonchev–Trinajstić information content (AvgIpc) is 2.96. The normalized spacial score (nSPS) is 14.1. The number of rotatable bonds is 5. The van der Waals surface area contributed by atoms with Crippen LogP contribution in [0.1, 0.15) is 20.3 Å². The van der Waals surface area contributed by atoms with E-state index in [-0.39, 0.29) is 36.4 Å². The second-order valence-electron chi connectivity index (χ2n) is 3.63. The zero-order valence-corrected chi connectivity index (χ0v) is 13.6. The van der Waals surface area contributed by atoms with Gasteiger partial charge in [-0.25, -0.2) is 0 Å². The molecule has 2 unspecified atom stereocenters. The van der Waals surface area contributed by atoms with E-state index in [1.54, 1.807) is 0 Å². The summed E-state index contributed by atoms with van der Waals surface area (Å²) >= 11 is 0. The Labute approximate surface area is 136 Å². The number of hydrogen-bond acceptors (Lipinski definition) is 6. The van der Waals surface area contributed by atoms with Crippen molar-refractivity contribution in [2.24, 2.45) is 0 Å². The third-order valence-electron chi connectivity index (χ3n) is 2.45. The first-order valence-corrected chi connectivity index (χ1v) is 5.78. The molecule has 1 radical (unpaired) electrons. The van der Waals surface area contributed by atoms with Gasteiger partial charge in [0.2, 0.25) is 0 Å². The van der Waals surface area contributed by atoms with E-state index in [0.29, 0.717) is 0 Å². The van der Waals surface area contributed by atoms with Crippen molar-refractivity contribution >= 4 is 20.4 Å². The Kier molecular flexibility index (Phi) is 28.4. The maximum Gasteiger partial charge on any atom is 0.106 e. The third-order valence-corrected chi connectivity index (χ3v) is 2.45. The molecule has 7 heteroatoms. The molecule has 0 spiro atoms. The summed E-state index contributed by atoms with van der Waals surface area (Å²) in [7, 11) is 0. The molecule has 2 N–H and O–H groups in total. The number of hydrogen-bond donors (Lipinski definition) is 2. The maximum atomic E-state index is 9.11. The second-order valence-corrected chi connectivity index (χ2v) is 3.63. The Hall–Kier alpha value is -1.11. The van der Waals surface area contributed by atoms with Gasteiger partial charge < -0.3 is 29.3 Å². The fourth-order valence-corrected chi connectivity index (χ4v) is 1.53. The molecular formula is C14H24MnO6. The molecule has 0 aromatic heterocycles. The molecule has 0 fully saturated rings. The monoisotopic (exact) mass is 343 g/mol. The molecule has 1 aliphatic carbocycles. The van der Waals surface area contributed by atoms with E-state index >= 15 is 0 Å². The predicted octanol–water partition coefficient (Wildman–Crippen LogP) is 0.464. The van der Waals surface area contributed by atoms with Crippen LogP contribution in [-0.4, -0.2) is 56.0 Å². The first-order valence-electron chi connectivity index (χ1n) is 5.78. The summed E-state index contributed by atoms with van der Waals surface area (Å²) in [5, 5.41) is 17.7. The van der Waals surface area contributed by atoms with E-state index in [4.69, 9.17) is 29.3 Å². The molecule has 0 saturated carbocycles. The molecule has 0 aromatic carbocycles. The molecule has 0 heterocycles. The van der Waals surface area contributed by atoms with E-state index in [0.717, 1.165) is 6.42 Å². The summed E-state index contributed by atoms with van der Waals surface area (Å²) in [5.74, 6) is 0. The van der Waals surface area contributed by atoms with Gasteiger partial charge in [0.05, 0.1) is 19.3 Å². The second kappa shape index (κ2) is 21.2. The van der Waals surface area contributed by atoms with Crippen LogP contribution >= 0.6 is 0 Å². The van der Waals surface area contributed by atoms with Crippen molar-refractivity contribution in [2.45, 2.75) is 32.5 Å².